The zero-order valence-corrected chi connectivity index (χ0v) is 7.71. The molecule has 1 aromatic rings. The molecule has 0 aliphatic heterocycles. The average molecular weight is 218 g/mol. The number of sulfonamides is 1. The van der Waals surface area contributed by atoms with Gasteiger partial charge in [-0.05, 0) is 18.2 Å². The van der Waals surface area contributed by atoms with Crippen LogP contribution in [-0.2, 0) is 10.0 Å². The van der Waals surface area contributed by atoms with Gasteiger partial charge in [0, 0.05) is 0 Å². The molecule has 0 bridgehead atoms. The Bertz CT molecular complexity index is 484. The molecule has 5 nitrogen and oxygen atoms in total. The lowest BCUT2D eigenvalue weighted by molar-refractivity contribution is 0.0997. The van der Waals surface area contributed by atoms with Gasteiger partial charge in [-0.25, -0.2) is 17.9 Å². The summed E-state index contributed by atoms with van der Waals surface area (Å²) in [6, 6.07) is 2.54. The normalized spacial score (nSPS) is 11.3. The molecule has 0 saturated heterocycles. The Kier molecular flexibility index (Phi) is 2.54. The smallest absolute Gasteiger partial charge is 0.250 e. The highest BCUT2D eigenvalue weighted by Crippen LogP contribution is 2.15. The first kappa shape index (κ1) is 10.6. The van der Waals surface area contributed by atoms with Gasteiger partial charge < -0.3 is 5.73 Å². The van der Waals surface area contributed by atoms with Crippen LogP contribution in [0.4, 0.5) is 4.39 Å². The van der Waals surface area contributed by atoms with E-state index >= 15 is 0 Å². The Hall–Kier alpha value is -1.47. The van der Waals surface area contributed by atoms with Crippen LogP contribution in [0, 0.1) is 5.82 Å². The predicted molar refractivity (Wildman–Crippen MR) is 46.3 cm³/mol. The van der Waals surface area contributed by atoms with Gasteiger partial charge >= 0.3 is 0 Å². The molecule has 1 aromatic carbocycles. The van der Waals surface area contributed by atoms with Crippen molar-refractivity contribution in [2.24, 2.45) is 10.9 Å². The molecule has 0 heterocycles. The molecular formula is C7H7FN2O3S. The van der Waals surface area contributed by atoms with Gasteiger partial charge in [-0.3, -0.25) is 4.79 Å². The maximum atomic E-state index is 12.7. The predicted octanol–water partition coefficient (Wildman–Crippen LogP) is -0.428. The zero-order valence-electron chi connectivity index (χ0n) is 6.90. The van der Waals surface area contributed by atoms with E-state index in [0.29, 0.717) is 6.07 Å². The Morgan fingerprint density at radius 3 is 2.36 bits per heavy atom. The number of nitrogens with two attached hydrogens (primary N) is 2. The van der Waals surface area contributed by atoms with Crippen LogP contribution >= 0.6 is 0 Å². The van der Waals surface area contributed by atoms with Gasteiger partial charge in [0.05, 0.1) is 10.5 Å². The molecule has 0 aliphatic rings. The highest BCUT2D eigenvalue weighted by Gasteiger charge is 2.18. The standard InChI is InChI=1S/C7H7FN2O3S/c8-4-1-2-5(7(9)11)6(3-4)14(10,12)13/h1-3H,(H2,9,11)(H2,10,12,13). The summed E-state index contributed by atoms with van der Waals surface area (Å²) in [7, 11) is -4.14. The number of carbonyl (C=O) groups excluding carboxylic acids is 1. The second kappa shape index (κ2) is 3.35. The second-order valence-electron chi connectivity index (χ2n) is 2.55. The summed E-state index contributed by atoms with van der Waals surface area (Å²) in [6.45, 7) is 0. The molecule has 0 spiro atoms. The molecule has 1 amide bonds. The van der Waals surface area contributed by atoms with Crippen molar-refractivity contribution in [1.29, 1.82) is 0 Å². The first-order valence-corrected chi connectivity index (χ1v) is 4.99. The van der Waals surface area contributed by atoms with Crippen molar-refractivity contribution in [1.82, 2.24) is 0 Å². The van der Waals surface area contributed by atoms with E-state index in [4.69, 9.17) is 10.9 Å². The van der Waals surface area contributed by atoms with E-state index in [-0.39, 0.29) is 5.56 Å². The molecule has 7 heteroatoms. The third kappa shape index (κ3) is 2.06. The highest BCUT2D eigenvalue weighted by molar-refractivity contribution is 7.89. The van der Waals surface area contributed by atoms with E-state index in [0.717, 1.165) is 12.1 Å². The van der Waals surface area contributed by atoms with Gasteiger partial charge in [-0.15, -0.1) is 0 Å². The Morgan fingerprint density at radius 1 is 1.36 bits per heavy atom. The van der Waals surface area contributed by atoms with Crippen LogP contribution in [0.1, 0.15) is 10.4 Å². The maximum Gasteiger partial charge on any atom is 0.250 e. The topological polar surface area (TPSA) is 103 Å². The van der Waals surface area contributed by atoms with E-state index in [2.05, 4.69) is 0 Å². The van der Waals surface area contributed by atoms with Crippen molar-refractivity contribution in [2.45, 2.75) is 4.90 Å². The summed E-state index contributed by atoms with van der Waals surface area (Å²) in [5.41, 5.74) is 4.55. The van der Waals surface area contributed by atoms with Crippen molar-refractivity contribution in [3.05, 3.63) is 29.6 Å². The summed E-state index contributed by atoms with van der Waals surface area (Å²) in [4.78, 5) is 10.2. The highest BCUT2D eigenvalue weighted by atomic mass is 32.2. The lowest BCUT2D eigenvalue weighted by atomic mass is 10.2. The molecule has 0 radical (unpaired) electrons. The Morgan fingerprint density at radius 2 is 1.93 bits per heavy atom. The molecule has 76 valence electrons. The van der Waals surface area contributed by atoms with Crippen LogP contribution in [0.5, 0.6) is 0 Å². The largest absolute Gasteiger partial charge is 0.366 e. The third-order valence-corrected chi connectivity index (χ3v) is 2.47. The van der Waals surface area contributed by atoms with E-state index in [1.165, 1.54) is 0 Å². The lowest BCUT2D eigenvalue weighted by Crippen LogP contribution is -2.20. The van der Waals surface area contributed by atoms with Crippen molar-refractivity contribution in [3.8, 4) is 0 Å². The quantitative estimate of drug-likeness (QED) is 0.703. The lowest BCUT2D eigenvalue weighted by Gasteiger charge is -2.03. The summed E-state index contributed by atoms with van der Waals surface area (Å²) < 4.78 is 34.5. The molecule has 4 N–H and O–H groups in total. The van der Waals surface area contributed by atoms with Crippen LogP contribution in [0.3, 0.4) is 0 Å². The third-order valence-electron chi connectivity index (χ3n) is 1.52. The van der Waals surface area contributed by atoms with E-state index < -0.39 is 26.6 Å². The molecule has 0 saturated carbocycles. The molecule has 0 aromatic heterocycles. The van der Waals surface area contributed by atoms with Crippen LogP contribution < -0.4 is 10.9 Å². The maximum absolute atomic E-state index is 12.7. The molecule has 0 fully saturated rings. The Labute approximate surface area is 79.6 Å². The fraction of sp³-hybridized carbons (Fsp3) is 0. The Balaban J connectivity index is 3.54. The van der Waals surface area contributed by atoms with Crippen molar-refractivity contribution in [3.63, 3.8) is 0 Å². The van der Waals surface area contributed by atoms with Crippen LogP contribution in [0.25, 0.3) is 0 Å². The molecule has 14 heavy (non-hydrogen) atoms. The minimum Gasteiger partial charge on any atom is -0.366 e. The van der Waals surface area contributed by atoms with Crippen molar-refractivity contribution >= 4 is 15.9 Å². The first-order chi connectivity index (χ1) is 6.32. The van der Waals surface area contributed by atoms with E-state index in [1.54, 1.807) is 0 Å². The van der Waals surface area contributed by atoms with Crippen LogP contribution in [0.2, 0.25) is 0 Å². The summed E-state index contributed by atoms with van der Waals surface area (Å²) in [5.74, 6) is -1.78. The molecular weight excluding hydrogens is 211 g/mol. The number of primary sulfonamides is 1. The number of amides is 1. The van der Waals surface area contributed by atoms with E-state index in [1.807, 2.05) is 0 Å². The zero-order chi connectivity index (χ0) is 10.9. The summed E-state index contributed by atoms with van der Waals surface area (Å²) in [6.07, 6.45) is 0. The number of primary amides is 1. The number of halogens is 1. The number of hydrogen-bond acceptors (Lipinski definition) is 3. The van der Waals surface area contributed by atoms with Gasteiger partial charge in [0.1, 0.15) is 5.82 Å². The SMILES string of the molecule is NC(=O)c1ccc(F)cc1S(N)(=O)=O. The van der Waals surface area contributed by atoms with Gasteiger partial charge in [-0.1, -0.05) is 0 Å². The monoisotopic (exact) mass is 218 g/mol. The van der Waals surface area contributed by atoms with Crippen LogP contribution in [0.15, 0.2) is 23.1 Å². The molecule has 0 atom stereocenters. The van der Waals surface area contributed by atoms with Gasteiger partial charge in [0.15, 0.2) is 0 Å². The summed E-state index contributed by atoms with van der Waals surface area (Å²) in [5, 5.41) is 4.76. The van der Waals surface area contributed by atoms with E-state index in [9.17, 15) is 17.6 Å². The minimum absolute atomic E-state index is 0.325. The molecule has 0 unspecified atom stereocenters. The van der Waals surface area contributed by atoms with Gasteiger partial charge in [-0.2, -0.15) is 0 Å². The number of benzene rings is 1. The first-order valence-electron chi connectivity index (χ1n) is 3.44. The van der Waals surface area contributed by atoms with Gasteiger partial charge in [0.2, 0.25) is 15.9 Å². The van der Waals surface area contributed by atoms with Gasteiger partial charge in [0.25, 0.3) is 0 Å². The van der Waals surface area contributed by atoms with Crippen molar-refractivity contribution in [2.75, 3.05) is 0 Å². The van der Waals surface area contributed by atoms with Crippen molar-refractivity contribution < 1.29 is 17.6 Å². The minimum atomic E-state index is -4.14. The summed E-state index contributed by atoms with van der Waals surface area (Å²) >= 11 is 0. The second-order valence-corrected chi connectivity index (χ2v) is 4.08. The fourth-order valence-electron chi connectivity index (χ4n) is 0.935. The molecule has 0 aliphatic carbocycles. The molecule has 1 rings (SSSR count). The number of carbonyl (C=O) groups is 1. The number of rotatable bonds is 2. The van der Waals surface area contributed by atoms with Crippen LogP contribution in [-0.4, -0.2) is 14.3 Å². The fourth-order valence-corrected chi connectivity index (χ4v) is 1.69. The number of hydrogen-bond donors (Lipinski definition) is 2. The average Bonchev–Trinajstić information content (AvgIpc) is 2.01.